The van der Waals surface area contributed by atoms with Crippen LogP contribution in [-0.4, -0.2) is 15.3 Å². The first-order chi connectivity index (χ1) is 14.9. The Hall–Kier alpha value is -3.15. The lowest BCUT2D eigenvalue weighted by Crippen LogP contribution is -2.05. The minimum absolute atomic E-state index is 0.0570. The first-order valence-corrected chi connectivity index (χ1v) is 10.9. The maximum absolute atomic E-state index is 12.8. The second kappa shape index (κ2) is 10.2. The molecule has 3 aromatic rings. The SMILES string of the molecule is CCCCCc1cc2cc(O)cc(Oc3c(O)cc(O)cc3CCCCC)c2c(=O)o1. The summed E-state index contributed by atoms with van der Waals surface area (Å²) in [5, 5.41) is 31.3. The van der Waals surface area contributed by atoms with Gasteiger partial charge in [0, 0.05) is 24.1 Å². The Morgan fingerprint density at radius 1 is 0.839 bits per heavy atom. The van der Waals surface area contributed by atoms with E-state index in [1.54, 1.807) is 12.1 Å². The van der Waals surface area contributed by atoms with E-state index in [4.69, 9.17) is 9.15 Å². The van der Waals surface area contributed by atoms with E-state index in [1.807, 2.05) is 0 Å². The molecular weight excluding hydrogens is 396 g/mol. The van der Waals surface area contributed by atoms with Crippen molar-refractivity contribution in [2.75, 3.05) is 0 Å². The van der Waals surface area contributed by atoms with Crippen LogP contribution in [0.25, 0.3) is 10.8 Å². The van der Waals surface area contributed by atoms with Crippen LogP contribution in [0, 0.1) is 0 Å². The van der Waals surface area contributed by atoms with Gasteiger partial charge in [0.25, 0.3) is 0 Å². The molecule has 0 bridgehead atoms. The Kier molecular flexibility index (Phi) is 7.45. The topological polar surface area (TPSA) is 100 Å². The third kappa shape index (κ3) is 5.51. The number of rotatable bonds is 10. The van der Waals surface area contributed by atoms with Crippen LogP contribution in [0.1, 0.15) is 63.7 Å². The lowest BCUT2D eigenvalue weighted by Gasteiger charge is -2.15. The zero-order chi connectivity index (χ0) is 22.4. The first kappa shape index (κ1) is 22.5. The third-order valence-electron chi connectivity index (χ3n) is 5.28. The maximum atomic E-state index is 12.8. The lowest BCUT2D eigenvalue weighted by molar-refractivity contribution is 0.396. The molecule has 166 valence electrons. The van der Waals surface area contributed by atoms with E-state index in [0.717, 1.165) is 38.5 Å². The molecule has 0 unspecified atom stereocenters. The van der Waals surface area contributed by atoms with Crippen LogP contribution in [0.15, 0.2) is 39.5 Å². The van der Waals surface area contributed by atoms with Gasteiger partial charge < -0.3 is 24.5 Å². The van der Waals surface area contributed by atoms with Crippen LogP contribution in [-0.2, 0) is 12.8 Å². The highest BCUT2D eigenvalue weighted by molar-refractivity contribution is 5.89. The molecule has 1 heterocycles. The maximum Gasteiger partial charge on any atom is 0.347 e. The molecule has 3 N–H and O–H groups in total. The van der Waals surface area contributed by atoms with Crippen LogP contribution in [0.3, 0.4) is 0 Å². The zero-order valence-corrected chi connectivity index (χ0v) is 18.1. The summed E-state index contributed by atoms with van der Waals surface area (Å²) in [6.45, 7) is 4.19. The summed E-state index contributed by atoms with van der Waals surface area (Å²) in [4.78, 5) is 12.8. The summed E-state index contributed by atoms with van der Waals surface area (Å²) in [5.74, 6) is 0.472. The van der Waals surface area contributed by atoms with Gasteiger partial charge in [-0.05, 0) is 42.8 Å². The van der Waals surface area contributed by atoms with Crippen molar-refractivity contribution < 1.29 is 24.5 Å². The molecule has 0 aliphatic heterocycles. The van der Waals surface area contributed by atoms with Crippen molar-refractivity contribution in [1.82, 2.24) is 0 Å². The average molecular weight is 427 g/mol. The number of phenolic OH excluding ortho intramolecular Hbond substituents is 3. The third-order valence-corrected chi connectivity index (χ3v) is 5.28. The van der Waals surface area contributed by atoms with Gasteiger partial charge in [0.05, 0.1) is 0 Å². The van der Waals surface area contributed by atoms with Gasteiger partial charge in [-0.1, -0.05) is 39.5 Å². The molecule has 3 rings (SSSR count). The fourth-order valence-electron chi connectivity index (χ4n) is 3.71. The Labute approximate surface area is 181 Å². The molecule has 1 aromatic heterocycles. The van der Waals surface area contributed by atoms with Crippen LogP contribution >= 0.6 is 0 Å². The molecule has 6 nitrogen and oxygen atoms in total. The van der Waals surface area contributed by atoms with Crippen molar-refractivity contribution in [3.63, 3.8) is 0 Å². The van der Waals surface area contributed by atoms with Gasteiger partial charge in [-0.2, -0.15) is 0 Å². The molecule has 0 atom stereocenters. The first-order valence-electron chi connectivity index (χ1n) is 10.9. The molecule has 0 saturated carbocycles. The standard InChI is InChI=1S/C25H30O6/c1-3-5-7-9-16-11-18(26)14-21(28)24(16)31-22-15-19(27)12-17-13-20(10-8-6-4-2)30-25(29)23(17)22/h11-15,26-28H,3-10H2,1-2H3. The number of benzene rings is 2. The second-order valence-electron chi connectivity index (χ2n) is 7.88. The normalized spacial score (nSPS) is 11.2. The highest BCUT2D eigenvalue weighted by Gasteiger charge is 2.18. The molecular formula is C25H30O6. The Morgan fingerprint density at radius 2 is 1.52 bits per heavy atom. The predicted octanol–water partition coefficient (Wildman–Crippen LogP) is 6.17. The van der Waals surface area contributed by atoms with Crippen LogP contribution in [0.2, 0.25) is 0 Å². The molecule has 0 radical (unpaired) electrons. The van der Waals surface area contributed by atoms with E-state index in [-0.39, 0.29) is 34.1 Å². The Balaban J connectivity index is 2.03. The van der Waals surface area contributed by atoms with E-state index in [9.17, 15) is 20.1 Å². The highest BCUT2D eigenvalue weighted by atomic mass is 16.5. The van der Waals surface area contributed by atoms with Crippen molar-refractivity contribution in [1.29, 1.82) is 0 Å². The smallest absolute Gasteiger partial charge is 0.347 e. The second-order valence-corrected chi connectivity index (χ2v) is 7.88. The zero-order valence-electron chi connectivity index (χ0n) is 18.1. The van der Waals surface area contributed by atoms with Crippen LogP contribution < -0.4 is 10.4 Å². The molecule has 31 heavy (non-hydrogen) atoms. The van der Waals surface area contributed by atoms with E-state index >= 15 is 0 Å². The predicted molar refractivity (Wildman–Crippen MR) is 120 cm³/mol. The number of fused-ring (bicyclic) bond motifs is 1. The number of aromatic hydroxyl groups is 3. The number of unbranched alkanes of at least 4 members (excludes halogenated alkanes) is 4. The number of aryl methyl sites for hydroxylation is 2. The molecule has 0 amide bonds. The van der Waals surface area contributed by atoms with Crippen molar-refractivity contribution in [2.45, 2.75) is 65.2 Å². The van der Waals surface area contributed by atoms with Crippen LogP contribution in [0.5, 0.6) is 28.7 Å². The molecule has 2 aromatic carbocycles. The minimum Gasteiger partial charge on any atom is -0.508 e. The van der Waals surface area contributed by atoms with Gasteiger partial charge in [0.15, 0.2) is 11.5 Å². The van der Waals surface area contributed by atoms with E-state index in [1.165, 1.54) is 18.2 Å². The van der Waals surface area contributed by atoms with E-state index < -0.39 is 5.63 Å². The summed E-state index contributed by atoms with van der Waals surface area (Å²) < 4.78 is 11.5. The molecule has 6 heteroatoms. The number of phenols is 3. The molecule has 0 saturated heterocycles. The fourth-order valence-corrected chi connectivity index (χ4v) is 3.71. The summed E-state index contributed by atoms with van der Waals surface area (Å²) in [6.07, 6.45) is 7.14. The average Bonchev–Trinajstić information content (AvgIpc) is 2.70. The molecule has 0 spiro atoms. The number of hydrogen-bond donors (Lipinski definition) is 3. The van der Waals surface area contributed by atoms with E-state index in [0.29, 0.717) is 29.6 Å². The van der Waals surface area contributed by atoms with Crippen molar-refractivity contribution in [3.05, 3.63) is 52.1 Å². The molecule has 0 fully saturated rings. The van der Waals surface area contributed by atoms with Crippen molar-refractivity contribution in [3.8, 4) is 28.7 Å². The largest absolute Gasteiger partial charge is 0.508 e. The van der Waals surface area contributed by atoms with Gasteiger partial charge in [0.2, 0.25) is 0 Å². The number of ether oxygens (including phenoxy) is 1. The Bertz CT molecular complexity index is 1100. The molecule has 0 aliphatic rings. The van der Waals surface area contributed by atoms with Gasteiger partial charge in [-0.25, -0.2) is 4.79 Å². The summed E-state index contributed by atoms with van der Waals surface area (Å²) in [6, 6.07) is 7.32. The monoisotopic (exact) mass is 426 g/mol. The summed E-state index contributed by atoms with van der Waals surface area (Å²) in [5.41, 5.74) is 0.0767. The highest BCUT2D eigenvalue weighted by Crippen LogP contribution is 2.41. The summed E-state index contributed by atoms with van der Waals surface area (Å²) in [7, 11) is 0. The number of hydrogen-bond acceptors (Lipinski definition) is 6. The minimum atomic E-state index is -0.551. The summed E-state index contributed by atoms with van der Waals surface area (Å²) >= 11 is 0. The van der Waals surface area contributed by atoms with Gasteiger partial charge in [0.1, 0.15) is 28.4 Å². The lowest BCUT2D eigenvalue weighted by atomic mass is 10.0. The quantitative estimate of drug-likeness (QED) is 0.335. The van der Waals surface area contributed by atoms with Gasteiger partial charge >= 0.3 is 5.63 Å². The Morgan fingerprint density at radius 3 is 2.23 bits per heavy atom. The molecule has 0 aliphatic carbocycles. The van der Waals surface area contributed by atoms with Gasteiger partial charge in [-0.15, -0.1) is 0 Å². The van der Waals surface area contributed by atoms with Crippen LogP contribution in [0.4, 0.5) is 0 Å². The fraction of sp³-hybridized carbons (Fsp3) is 0.400. The van der Waals surface area contributed by atoms with Gasteiger partial charge in [-0.3, -0.25) is 0 Å². The van der Waals surface area contributed by atoms with Crippen molar-refractivity contribution in [2.24, 2.45) is 0 Å². The van der Waals surface area contributed by atoms with Crippen molar-refractivity contribution >= 4 is 10.8 Å². The van der Waals surface area contributed by atoms with E-state index in [2.05, 4.69) is 13.8 Å².